The Morgan fingerprint density at radius 1 is 0.875 bits per heavy atom. The fraction of sp³-hybridized carbons (Fsp3) is 0.302. The number of benzene rings is 3. The third-order valence-corrected chi connectivity index (χ3v) is 11.0. The second kappa shape index (κ2) is 16.5. The number of likely N-dealkylation sites (tertiary alicyclic amines) is 2. The lowest BCUT2D eigenvalue weighted by Gasteiger charge is -2.41. The number of alkyl halides is 1. The van der Waals surface area contributed by atoms with E-state index >= 15 is 0 Å². The van der Waals surface area contributed by atoms with Gasteiger partial charge in [-0.2, -0.15) is 0 Å². The number of carbonyl (C=O) groups excluding carboxylic acids is 1. The number of carbonyl (C=O) groups is 1. The summed E-state index contributed by atoms with van der Waals surface area (Å²) in [7, 11) is 1.66. The normalized spacial score (nSPS) is 15.9. The van der Waals surface area contributed by atoms with Gasteiger partial charge in [-0.1, -0.05) is 30.3 Å². The number of imidazole rings is 1. The molecule has 0 spiro atoms. The van der Waals surface area contributed by atoms with Crippen molar-refractivity contribution in [2.24, 2.45) is 0 Å². The number of hydrogen-bond acceptors (Lipinski definition) is 8. The molecule has 0 aliphatic carbocycles. The Morgan fingerprint density at radius 3 is 2.43 bits per heavy atom. The van der Waals surface area contributed by atoms with Crippen LogP contribution in [-0.4, -0.2) is 87.6 Å². The van der Waals surface area contributed by atoms with Crippen LogP contribution in [0, 0.1) is 11.6 Å². The molecule has 5 heterocycles. The lowest BCUT2D eigenvalue weighted by Crippen LogP contribution is -2.47. The lowest BCUT2D eigenvalue weighted by molar-refractivity contribution is 0.0848. The predicted octanol–water partition coefficient (Wildman–Crippen LogP) is 8.35. The number of fused-ring (bicyclic) bond motifs is 1. The van der Waals surface area contributed by atoms with E-state index in [9.17, 15) is 18.0 Å². The Bertz CT molecular complexity index is 2320. The number of halogens is 3. The molecule has 2 fully saturated rings. The van der Waals surface area contributed by atoms with Crippen molar-refractivity contribution in [1.29, 1.82) is 0 Å². The van der Waals surface area contributed by atoms with Crippen LogP contribution in [0.5, 0.6) is 5.75 Å². The molecule has 0 bridgehead atoms. The van der Waals surface area contributed by atoms with Crippen LogP contribution in [0.15, 0.2) is 97.3 Å². The van der Waals surface area contributed by atoms with Gasteiger partial charge in [-0.05, 0) is 118 Å². The second-order valence-corrected chi connectivity index (χ2v) is 14.3. The Morgan fingerprint density at radius 2 is 1.66 bits per heavy atom. The molecule has 1 amide bonds. The minimum absolute atomic E-state index is 0.200. The molecule has 2 aliphatic rings. The van der Waals surface area contributed by atoms with Crippen molar-refractivity contribution in [3.63, 3.8) is 0 Å². The number of anilines is 3. The van der Waals surface area contributed by atoms with E-state index in [4.69, 9.17) is 14.7 Å². The maximum Gasteiger partial charge on any atom is 0.255 e. The van der Waals surface area contributed by atoms with Gasteiger partial charge in [0.2, 0.25) is 5.95 Å². The summed E-state index contributed by atoms with van der Waals surface area (Å²) in [4.78, 5) is 32.4. The van der Waals surface area contributed by atoms with Crippen molar-refractivity contribution in [2.75, 3.05) is 57.1 Å². The molecule has 0 radical (unpaired) electrons. The van der Waals surface area contributed by atoms with Crippen LogP contribution in [0.3, 0.4) is 0 Å². The van der Waals surface area contributed by atoms with Crippen molar-refractivity contribution in [3.05, 3.63) is 120 Å². The number of nitrogens with one attached hydrogen (secondary N) is 2. The topological polar surface area (TPSA) is 99.9 Å². The minimum Gasteiger partial charge on any atom is -0.495 e. The smallest absolute Gasteiger partial charge is 0.255 e. The summed E-state index contributed by atoms with van der Waals surface area (Å²) in [5.74, 6) is -0.913. The highest BCUT2D eigenvalue weighted by Crippen LogP contribution is 2.37. The molecule has 3 aromatic heterocycles. The number of hydrogen-bond donors (Lipinski definition) is 2. The lowest BCUT2D eigenvalue weighted by atomic mass is 9.87. The monoisotopic (exact) mass is 760 g/mol. The van der Waals surface area contributed by atoms with Gasteiger partial charge < -0.3 is 25.2 Å². The molecule has 2 aliphatic heterocycles. The number of methoxy groups -OCH3 is 1. The van der Waals surface area contributed by atoms with Crippen molar-refractivity contribution < 1.29 is 22.7 Å². The highest BCUT2D eigenvalue weighted by atomic mass is 19.1. The summed E-state index contributed by atoms with van der Waals surface area (Å²) in [6.07, 6.45) is 7.92. The average Bonchev–Trinajstić information content (AvgIpc) is 3.63. The van der Waals surface area contributed by atoms with Crippen LogP contribution in [0.4, 0.5) is 30.5 Å². The molecule has 0 atom stereocenters. The highest BCUT2D eigenvalue weighted by Gasteiger charge is 2.29. The molecule has 13 heteroatoms. The molecule has 8 rings (SSSR count). The molecule has 288 valence electrons. The van der Waals surface area contributed by atoms with Gasteiger partial charge in [0.1, 0.15) is 35.4 Å². The summed E-state index contributed by atoms with van der Waals surface area (Å²) < 4.78 is 49.2. The molecular formula is C43H43F3N8O2. The summed E-state index contributed by atoms with van der Waals surface area (Å²) >= 11 is 0. The Hall–Kier alpha value is -5.79. The average molecular weight is 761 g/mol. The van der Waals surface area contributed by atoms with E-state index < -0.39 is 23.2 Å². The second-order valence-electron chi connectivity index (χ2n) is 14.3. The molecule has 56 heavy (non-hydrogen) atoms. The number of para-hydroxylation sites is 1. The first-order chi connectivity index (χ1) is 27.4. The van der Waals surface area contributed by atoms with E-state index in [1.54, 1.807) is 37.6 Å². The third-order valence-electron chi connectivity index (χ3n) is 11.0. The number of ether oxygens (including phenoxy) is 1. The van der Waals surface area contributed by atoms with Gasteiger partial charge in [0.25, 0.3) is 5.91 Å². The Balaban J connectivity index is 1.01. The molecule has 2 N–H and O–H groups in total. The summed E-state index contributed by atoms with van der Waals surface area (Å²) in [6.45, 7) is 4.34. The Labute approximate surface area is 323 Å². The van der Waals surface area contributed by atoms with E-state index in [1.165, 1.54) is 11.6 Å². The van der Waals surface area contributed by atoms with Crippen molar-refractivity contribution in [1.82, 2.24) is 29.2 Å². The zero-order valence-electron chi connectivity index (χ0n) is 31.1. The third kappa shape index (κ3) is 7.82. The molecule has 6 aromatic rings. The molecular weight excluding hydrogens is 718 g/mol. The Kier molecular flexibility index (Phi) is 11.0. The SMILES string of the molecule is COc1cc(C2CCN(C3CCN(CCF)CC3)CC2)ccc1Nc1nccc(-c2c(-c3cccc(C(=O)Nc4c(F)cccc4F)c3)nc3ccccn23)n1. The van der Waals surface area contributed by atoms with Crippen LogP contribution in [0.2, 0.25) is 0 Å². The van der Waals surface area contributed by atoms with Gasteiger partial charge in [-0.25, -0.2) is 28.1 Å². The maximum absolute atomic E-state index is 14.3. The van der Waals surface area contributed by atoms with Crippen LogP contribution >= 0.6 is 0 Å². The number of aromatic nitrogens is 4. The molecule has 0 saturated carbocycles. The van der Waals surface area contributed by atoms with Gasteiger partial charge >= 0.3 is 0 Å². The summed E-state index contributed by atoms with van der Waals surface area (Å²) in [5.41, 5.74) is 4.74. The van der Waals surface area contributed by atoms with Gasteiger partial charge in [0, 0.05) is 36.1 Å². The van der Waals surface area contributed by atoms with Gasteiger partial charge in [-0.3, -0.25) is 9.20 Å². The molecule has 2 saturated heterocycles. The number of amides is 1. The van der Waals surface area contributed by atoms with Crippen LogP contribution in [0.1, 0.15) is 47.5 Å². The van der Waals surface area contributed by atoms with E-state index in [1.807, 2.05) is 40.9 Å². The standard InChI is InChI=1S/C43H43F3N8O2/c1-56-37-27-29(28-14-23-53(24-15-28)32-16-21-52(22-17-32)25-18-44)11-12-35(37)48-43-47-19-13-36(49-43)41-39(50-38-10-2-3-20-54(38)41)30-6-4-7-31(26-30)42(55)51-40-33(45)8-5-9-34(40)46/h2-13,19-20,26-28,32H,14-18,21-25H2,1H3,(H,51,55)(H,47,48,49). The fourth-order valence-corrected chi connectivity index (χ4v) is 8.01. The zero-order valence-corrected chi connectivity index (χ0v) is 31.1. The zero-order chi connectivity index (χ0) is 38.6. The van der Waals surface area contributed by atoms with Crippen molar-refractivity contribution in [3.8, 4) is 28.4 Å². The van der Waals surface area contributed by atoms with Gasteiger partial charge in [0.05, 0.1) is 29.9 Å². The molecule has 10 nitrogen and oxygen atoms in total. The first-order valence-electron chi connectivity index (χ1n) is 19.0. The quantitative estimate of drug-likeness (QED) is 0.136. The van der Waals surface area contributed by atoms with E-state index in [0.29, 0.717) is 58.5 Å². The number of rotatable bonds is 11. The van der Waals surface area contributed by atoms with E-state index in [-0.39, 0.29) is 12.2 Å². The van der Waals surface area contributed by atoms with E-state index in [2.05, 4.69) is 37.6 Å². The maximum atomic E-state index is 14.3. The highest BCUT2D eigenvalue weighted by molar-refractivity contribution is 6.05. The first kappa shape index (κ1) is 37.1. The van der Waals surface area contributed by atoms with Gasteiger partial charge in [0.15, 0.2) is 0 Å². The van der Waals surface area contributed by atoms with Crippen LogP contribution < -0.4 is 15.4 Å². The fourth-order valence-electron chi connectivity index (χ4n) is 8.01. The van der Waals surface area contributed by atoms with Crippen LogP contribution in [0.25, 0.3) is 28.3 Å². The van der Waals surface area contributed by atoms with Crippen LogP contribution in [-0.2, 0) is 0 Å². The molecule has 3 aromatic carbocycles. The number of piperidine rings is 2. The molecule has 0 unspecified atom stereocenters. The minimum atomic E-state index is -0.866. The summed E-state index contributed by atoms with van der Waals surface area (Å²) in [5, 5.41) is 5.72. The van der Waals surface area contributed by atoms with Crippen molar-refractivity contribution >= 4 is 28.9 Å². The number of pyridine rings is 1. The van der Waals surface area contributed by atoms with E-state index in [0.717, 1.165) is 69.7 Å². The predicted molar refractivity (Wildman–Crippen MR) is 211 cm³/mol. The largest absolute Gasteiger partial charge is 0.495 e. The van der Waals surface area contributed by atoms with Crippen molar-refractivity contribution in [2.45, 2.75) is 37.6 Å². The number of nitrogens with zero attached hydrogens (tertiary/aromatic N) is 6. The van der Waals surface area contributed by atoms with Gasteiger partial charge in [-0.15, -0.1) is 0 Å². The first-order valence-corrected chi connectivity index (χ1v) is 19.0. The summed E-state index contributed by atoms with van der Waals surface area (Å²) in [6, 6.07) is 24.4.